The first-order valence-electron chi connectivity index (χ1n) is 7.23. The fourth-order valence-corrected chi connectivity index (χ4v) is 2.87. The van der Waals surface area contributed by atoms with Crippen LogP contribution in [0.5, 0.6) is 0 Å². The Bertz CT molecular complexity index is 501. The molecule has 1 aromatic rings. The highest BCUT2D eigenvalue weighted by Crippen LogP contribution is 2.30. The molecule has 2 rings (SSSR count). The molecule has 110 valence electrons. The van der Waals surface area contributed by atoms with E-state index in [1.165, 1.54) is 13.0 Å². The largest absolute Gasteiger partial charge is 0.394 e. The number of hydrogen-bond acceptors (Lipinski definition) is 3. The Morgan fingerprint density at radius 1 is 1.40 bits per heavy atom. The number of Topliss-reactive ketones (excluding diaryl/α,β-unsaturated/α-hetero) is 1. The molecule has 1 heterocycles. The average Bonchev–Trinajstić information content (AvgIpc) is 2.66. The van der Waals surface area contributed by atoms with Gasteiger partial charge >= 0.3 is 0 Å². The number of carbonyl (C=O) groups excluding carboxylic acids is 1. The lowest BCUT2D eigenvalue weighted by molar-refractivity contribution is 0.101. The summed E-state index contributed by atoms with van der Waals surface area (Å²) in [6.07, 6.45) is 4.15. The predicted molar refractivity (Wildman–Crippen MR) is 77.8 cm³/mol. The Labute approximate surface area is 119 Å². The van der Waals surface area contributed by atoms with Crippen LogP contribution in [0.25, 0.3) is 0 Å². The number of hydrogen-bond donors (Lipinski definition) is 1. The van der Waals surface area contributed by atoms with E-state index in [0.717, 1.165) is 37.9 Å². The standard InChI is InChI=1S/C16H22FNO2/c1-11-8-16(14(12(2)20)9-15(11)17)18-7-5-3-4-6-13(18)10-19/h8-9,13,19H,3-7,10H2,1-2H3. The summed E-state index contributed by atoms with van der Waals surface area (Å²) in [5.41, 5.74) is 1.71. The second-order valence-corrected chi connectivity index (χ2v) is 5.55. The third kappa shape index (κ3) is 3.01. The summed E-state index contributed by atoms with van der Waals surface area (Å²) in [6.45, 7) is 4.03. The molecule has 0 aliphatic carbocycles. The number of carbonyl (C=O) groups is 1. The minimum absolute atomic E-state index is 0.0143. The summed E-state index contributed by atoms with van der Waals surface area (Å²) in [5, 5.41) is 9.60. The van der Waals surface area contributed by atoms with Crippen LogP contribution in [0, 0.1) is 12.7 Å². The van der Waals surface area contributed by atoms with E-state index in [2.05, 4.69) is 4.90 Å². The van der Waals surface area contributed by atoms with E-state index in [-0.39, 0.29) is 24.2 Å². The van der Waals surface area contributed by atoms with Crippen molar-refractivity contribution in [2.45, 2.75) is 45.6 Å². The van der Waals surface area contributed by atoms with Crippen molar-refractivity contribution in [2.24, 2.45) is 0 Å². The molecule has 0 bridgehead atoms. The van der Waals surface area contributed by atoms with Gasteiger partial charge in [-0.3, -0.25) is 4.79 Å². The van der Waals surface area contributed by atoms with E-state index in [4.69, 9.17) is 0 Å². The van der Waals surface area contributed by atoms with Crippen LogP contribution in [0.2, 0.25) is 0 Å². The molecule has 1 unspecified atom stereocenters. The Hall–Kier alpha value is -1.42. The number of nitrogens with zero attached hydrogens (tertiary/aromatic N) is 1. The minimum Gasteiger partial charge on any atom is -0.394 e. The molecule has 1 aromatic carbocycles. The minimum atomic E-state index is -0.352. The van der Waals surface area contributed by atoms with Crippen molar-refractivity contribution in [1.29, 1.82) is 0 Å². The van der Waals surface area contributed by atoms with E-state index in [1.807, 2.05) is 0 Å². The maximum atomic E-state index is 13.7. The first-order chi connectivity index (χ1) is 9.54. The van der Waals surface area contributed by atoms with Crippen LogP contribution in [-0.2, 0) is 0 Å². The number of rotatable bonds is 3. The Balaban J connectivity index is 2.47. The van der Waals surface area contributed by atoms with Crippen LogP contribution >= 0.6 is 0 Å². The number of halogens is 1. The highest BCUT2D eigenvalue weighted by atomic mass is 19.1. The van der Waals surface area contributed by atoms with Gasteiger partial charge in [-0.05, 0) is 44.4 Å². The average molecular weight is 279 g/mol. The van der Waals surface area contributed by atoms with Crippen LogP contribution in [0.1, 0.15) is 48.5 Å². The fraction of sp³-hybridized carbons (Fsp3) is 0.562. The van der Waals surface area contributed by atoms with Gasteiger partial charge in [-0.2, -0.15) is 0 Å². The summed E-state index contributed by atoms with van der Waals surface area (Å²) in [4.78, 5) is 13.9. The molecule has 3 nitrogen and oxygen atoms in total. The quantitative estimate of drug-likeness (QED) is 0.864. The van der Waals surface area contributed by atoms with Gasteiger partial charge in [0, 0.05) is 17.8 Å². The van der Waals surface area contributed by atoms with Gasteiger partial charge in [0.1, 0.15) is 5.82 Å². The summed E-state index contributed by atoms with van der Waals surface area (Å²) in [7, 11) is 0. The van der Waals surface area contributed by atoms with Gasteiger partial charge < -0.3 is 10.0 Å². The molecular weight excluding hydrogens is 257 g/mol. The van der Waals surface area contributed by atoms with E-state index in [9.17, 15) is 14.3 Å². The number of aryl methyl sites for hydroxylation is 1. The van der Waals surface area contributed by atoms with Gasteiger partial charge in [0.2, 0.25) is 0 Å². The second-order valence-electron chi connectivity index (χ2n) is 5.55. The van der Waals surface area contributed by atoms with Crippen molar-refractivity contribution < 1.29 is 14.3 Å². The lowest BCUT2D eigenvalue weighted by Crippen LogP contribution is -2.38. The molecule has 0 amide bonds. The Morgan fingerprint density at radius 2 is 2.15 bits per heavy atom. The van der Waals surface area contributed by atoms with Crippen LogP contribution < -0.4 is 4.90 Å². The molecule has 1 atom stereocenters. The van der Waals surface area contributed by atoms with E-state index >= 15 is 0 Å². The third-order valence-electron chi connectivity index (χ3n) is 4.05. The van der Waals surface area contributed by atoms with Crippen molar-refractivity contribution >= 4 is 11.5 Å². The number of benzene rings is 1. The molecule has 0 spiro atoms. The zero-order valence-electron chi connectivity index (χ0n) is 12.2. The monoisotopic (exact) mass is 279 g/mol. The van der Waals surface area contributed by atoms with Gasteiger partial charge in [0.05, 0.1) is 12.6 Å². The van der Waals surface area contributed by atoms with Crippen molar-refractivity contribution in [3.8, 4) is 0 Å². The van der Waals surface area contributed by atoms with Crippen molar-refractivity contribution in [2.75, 3.05) is 18.1 Å². The van der Waals surface area contributed by atoms with Gasteiger partial charge in [0.25, 0.3) is 0 Å². The summed E-state index contributed by atoms with van der Waals surface area (Å²) >= 11 is 0. The first-order valence-corrected chi connectivity index (χ1v) is 7.23. The molecule has 1 saturated heterocycles. The molecular formula is C16H22FNO2. The zero-order valence-corrected chi connectivity index (χ0v) is 12.2. The molecule has 1 N–H and O–H groups in total. The van der Waals surface area contributed by atoms with Gasteiger partial charge in [-0.1, -0.05) is 12.8 Å². The summed E-state index contributed by atoms with van der Waals surface area (Å²) in [6, 6.07) is 3.08. The van der Waals surface area contributed by atoms with Gasteiger partial charge in [-0.15, -0.1) is 0 Å². The molecule has 1 aliphatic heterocycles. The summed E-state index contributed by atoms with van der Waals surface area (Å²) < 4.78 is 13.7. The smallest absolute Gasteiger partial charge is 0.161 e. The maximum Gasteiger partial charge on any atom is 0.161 e. The third-order valence-corrected chi connectivity index (χ3v) is 4.05. The topological polar surface area (TPSA) is 40.5 Å². The van der Waals surface area contributed by atoms with Gasteiger partial charge in [-0.25, -0.2) is 4.39 Å². The Kier molecular flexibility index (Phi) is 4.76. The number of anilines is 1. The molecule has 1 fully saturated rings. The molecule has 4 heteroatoms. The zero-order chi connectivity index (χ0) is 14.7. The maximum absolute atomic E-state index is 13.7. The SMILES string of the molecule is CC(=O)c1cc(F)c(C)cc1N1CCCCCC1CO. The van der Waals surface area contributed by atoms with E-state index < -0.39 is 0 Å². The number of ketones is 1. The number of aliphatic hydroxyl groups excluding tert-OH is 1. The van der Waals surface area contributed by atoms with E-state index in [1.54, 1.807) is 13.0 Å². The molecule has 0 aromatic heterocycles. The lowest BCUT2D eigenvalue weighted by Gasteiger charge is -2.32. The molecule has 20 heavy (non-hydrogen) atoms. The van der Waals surface area contributed by atoms with Crippen LogP contribution in [0.3, 0.4) is 0 Å². The normalized spacial score (nSPS) is 19.8. The van der Waals surface area contributed by atoms with Crippen molar-refractivity contribution in [1.82, 2.24) is 0 Å². The Morgan fingerprint density at radius 3 is 2.80 bits per heavy atom. The number of aliphatic hydroxyl groups is 1. The molecule has 0 saturated carbocycles. The van der Waals surface area contributed by atoms with Crippen LogP contribution in [-0.4, -0.2) is 30.1 Å². The highest BCUT2D eigenvalue weighted by Gasteiger charge is 2.24. The van der Waals surface area contributed by atoms with Crippen molar-refractivity contribution in [3.05, 3.63) is 29.1 Å². The summed E-state index contributed by atoms with van der Waals surface area (Å²) in [5.74, 6) is -0.492. The van der Waals surface area contributed by atoms with Gasteiger partial charge in [0.15, 0.2) is 5.78 Å². The highest BCUT2D eigenvalue weighted by molar-refractivity contribution is 6.00. The fourth-order valence-electron chi connectivity index (χ4n) is 2.87. The van der Waals surface area contributed by atoms with Crippen LogP contribution in [0.4, 0.5) is 10.1 Å². The second kappa shape index (κ2) is 6.35. The lowest BCUT2D eigenvalue weighted by atomic mass is 10.0. The van der Waals surface area contributed by atoms with Crippen LogP contribution in [0.15, 0.2) is 12.1 Å². The first kappa shape index (κ1) is 15.0. The molecule has 0 radical (unpaired) electrons. The van der Waals surface area contributed by atoms with E-state index in [0.29, 0.717) is 11.1 Å². The molecule has 1 aliphatic rings. The predicted octanol–water partition coefficient (Wildman–Crippen LogP) is 3.08. The van der Waals surface area contributed by atoms with Crippen molar-refractivity contribution in [3.63, 3.8) is 0 Å².